The molecule has 0 fully saturated rings. The van der Waals surface area contributed by atoms with Crippen molar-refractivity contribution in [3.05, 3.63) is 23.8 Å². The van der Waals surface area contributed by atoms with E-state index in [4.69, 9.17) is 29.4 Å². The first-order valence-electron chi connectivity index (χ1n) is 14.2. The molecule has 0 saturated carbocycles. The van der Waals surface area contributed by atoms with E-state index in [-0.39, 0.29) is 42.1 Å². The summed E-state index contributed by atoms with van der Waals surface area (Å²) in [6.07, 6.45) is -0.692. The average molecular weight is 582 g/mol. The largest absolute Gasteiger partial charge is 0.514 e. The first kappa shape index (κ1) is 35.7. The molecule has 0 heterocycles. The topological polar surface area (TPSA) is 161 Å². The third-order valence-electron chi connectivity index (χ3n) is 6.85. The van der Waals surface area contributed by atoms with Gasteiger partial charge in [0.2, 0.25) is 0 Å². The zero-order valence-corrected chi connectivity index (χ0v) is 25.5. The number of ether oxygens (including phenoxy) is 5. The van der Waals surface area contributed by atoms with Gasteiger partial charge in [0.15, 0.2) is 11.5 Å². The molecule has 41 heavy (non-hydrogen) atoms. The third-order valence-corrected chi connectivity index (χ3v) is 6.85. The van der Waals surface area contributed by atoms with Crippen LogP contribution in [0.5, 0.6) is 11.5 Å². The summed E-state index contributed by atoms with van der Waals surface area (Å²) in [5.74, 6) is -2.77. The number of carboxylic acid groups (broad SMARTS) is 1. The molecule has 0 radical (unpaired) electrons. The predicted octanol–water partition coefficient (Wildman–Crippen LogP) is 6.20. The van der Waals surface area contributed by atoms with Crippen LogP contribution in [0.3, 0.4) is 0 Å². The highest BCUT2D eigenvalue weighted by Gasteiger charge is 2.30. The Morgan fingerprint density at radius 2 is 1.34 bits per heavy atom. The molecule has 0 aromatic heterocycles. The maximum absolute atomic E-state index is 12.6. The van der Waals surface area contributed by atoms with Gasteiger partial charge in [-0.25, -0.2) is 9.59 Å². The highest BCUT2D eigenvalue weighted by Crippen LogP contribution is 2.35. The second kappa shape index (κ2) is 17.5. The van der Waals surface area contributed by atoms with Gasteiger partial charge in [-0.1, -0.05) is 53.5 Å². The molecule has 1 rings (SSSR count). The summed E-state index contributed by atoms with van der Waals surface area (Å²) in [6.45, 7) is 14.6. The quantitative estimate of drug-likeness (QED) is 0.0989. The molecule has 0 aliphatic rings. The Balaban J connectivity index is 3.32. The summed E-state index contributed by atoms with van der Waals surface area (Å²) in [5, 5.41) is 9.70. The van der Waals surface area contributed by atoms with Crippen molar-refractivity contribution in [3.63, 3.8) is 0 Å². The van der Waals surface area contributed by atoms with Gasteiger partial charge >= 0.3 is 24.2 Å². The van der Waals surface area contributed by atoms with Crippen LogP contribution < -0.4 is 15.2 Å². The molecular weight excluding hydrogens is 534 g/mol. The lowest BCUT2D eigenvalue weighted by Crippen LogP contribution is -2.38. The van der Waals surface area contributed by atoms with Crippen LogP contribution in [0.1, 0.15) is 99.0 Å². The predicted molar refractivity (Wildman–Crippen MR) is 152 cm³/mol. The van der Waals surface area contributed by atoms with Crippen molar-refractivity contribution in [2.24, 2.45) is 17.6 Å². The van der Waals surface area contributed by atoms with E-state index in [0.717, 1.165) is 12.8 Å². The van der Waals surface area contributed by atoms with E-state index in [1.165, 1.54) is 18.2 Å². The van der Waals surface area contributed by atoms with Gasteiger partial charge < -0.3 is 34.5 Å². The fourth-order valence-electron chi connectivity index (χ4n) is 3.59. The summed E-state index contributed by atoms with van der Waals surface area (Å²) >= 11 is 0. The van der Waals surface area contributed by atoms with Gasteiger partial charge in [-0.05, 0) is 63.1 Å². The molecule has 232 valence electrons. The molecule has 1 aromatic rings. The fourth-order valence-corrected chi connectivity index (χ4v) is 3.59. The molecular formula is C30H47NO10. The molecule has 0 bridgehead atoms. The smallest absolute Gasteiger partial charge is 0.480 e. The van der Waals surface area contributed by atoms with Crippen LogP contribution in [-0.4, -0.2) is 53.7 Å². The van der Waals surface area contributed by atoms with Crippen molar-refractivity contribution in [2.45, 2.75) is 118 Å². The molecule has 5 atom stereocenters. The summed E-state index contributed by atoms with van der Waals surface area (Å²) in [5.41, 5.74) is 6.41. The van der Waals surface area contributed by atoms with Crippen LogP contribution in [0.4, 0.5) is 9.59 Å². The average Bonchev–Trinajstić information content (AvgIpc) is 2.87. The number of hydrogen-bond donors (Lipinski definition) is 2. The van der Waals surface area contributed by atoms with Crippen LogP contribution in [-0.2, 0) is 23.8 Å². The maximum atomic E-state index is 12.6. The van der Waals surface area contributed by atoms with Crippen LogP contribution >= 0.6 is 0 Å². The number of hydrogen-bond acceptors (Lipinski definition) is 10. The van der Waals surface area contributed by atoms with Gasteiger partial charge in [0, 0.05) is 12.3 Å². The number of nitrogens with two attached hydrogens (primary N) is 1. The number of carboxylic acids is 1. The van der Waals surface area contributed by atoms with Gasteiger partial charge in [0.05, 0.1) is 6.10 Å². The van der Waals surface area contributed by atoms with E-state index in [1.54, 1.807) is 20.8 Å². The molecule has 11 heteroatoms. The van der Waals surface area contributed by atoms with Crippen LogP contribution in [0, 0.1) is 11.8 Å². The Morgan fingerprint density at radius 3 is 1.83 bits per heavy atom. The monoisotopic (exact) mass is 581 g/mol. The SMILES string of the molecule is CCCCCC(=O)OC(C)CC(c1ccc(OC(=O)OC(C)C(C)C)c(OC(=O)OC(C)C(C)C)c1)[C@H](N)C(=O)O. The van der Waals surface area contributed by atoms with E-state index in [0.29, 0.717) is 12.0 Å². The van der Waals surface area contributed by atoms with Gasteiger partial charge in [-0.3, -0.25) is 9.59 Å². The van der Waals surface area contributed by atoms with E-state index >= 15 is 0 Å². The number of unbranched alkanes of at least 4 members (excludes halogenated alkanes) is 2. The second-order valence-electron chi connectivity index (χ2n) is 11.0. The normalized spacial score (nSPS) is 14.9. The van der Waals surface area contributed by atoms with Gasteiger partial charge in [-0.2, -0.15) is 0 Å². The van der Waals surface area contributed by atoms with Crippen LogP contribution in [0.15, 0.2) is 18.2 Å². The van der Waals surface area contributed by atoms with Crippen LogP contribution in [0.25, 0.3) is 0 Å². The molecule has 1 aromatic carbocycles. The highest BCUT2D eigenvalue weighted by molar-refractivity contribution is 5.75. The molecule has 0 amide bonds. The maximum Gasteiger partial charge on any atom is 0.514 e. The van der Waals surface area contributed by atoms with Gasteiger partial charge in [-0.15, -0.1) is 0 Å². The second-order valence-corrected chi connectivity index (χ2v) is 11.0. The van der Waals surface area contributed by atoms with Crippen molar-refractivity contribution in [3.8, 4) is 11.5 Å². The Hall–Kier alpha value is -3.34. The van der Waals surface area contributed by atoms with E-state index < -0.39 is 48.6 Å². The Labute approximate surface area is 243 Å². The molecule has 0 aliphatic carbocycles. The lowest BCUT2D eigenvalue weighted by Gasteiger charge is -2.25. The third kappa shape index (κ3) is 12.8. The molecule has 4 unspecified atom stereocenters. The summed E-state index contributed by atoms with van der Waals surface area (Å²) < 4.78 is 26.8. The van der Waals surface area contributed by atoms with E-state index in [1.807, 2.05) is 34.6 Å². The first-order valence-corrected chi connectivity index (χ1v) is 14.2. The summed E-state index contributed by atoms with van der Waals surface area (Å²) in [7, 11) is 0. The van der Waals surface area contributed by atoms with Crippen molar-refractivity contribution in [1.29, 1.82) is 0 Å². The lowest BCUT2D eigenvalue weighted by molar-refractivity contribution is -0.149. The zero-order chi connectivity index (χ0) is 31.3. The molecule has 0 aliphatic heterocycles. The number of esters is 1. The van der Waals surface area contributed by atoms with Gasteiger partial charge in [0.25, 0.3) is 0 Å². The molecule has 3 N–H and O–H groups in total. The minimum Gasteiger partial charge on any atom is -0.480 e. The van der Waals surface area contributed by atoms with E-state index in [2.05, 4.69) is 0 Å². The number of carbonyl (C=O) groups excluding carboxylic acids is 3. The Morgan fingerprint density at radius 1 is 0.805 bits per heavy atom. The minimum atomic E-state index is -1.37. The highest BCUT2D eigenvalue weighted by atomic mass is 16.7. The van der Waals surface area contributed by atoms with E-state index in [9.17, 15) is 24.3 Å². The molecule has 0 spiro atoms. The minimum absolute atomic E-state index is 0.0150. The number of rotatable bonds is 16. The first-order chi connectivity index (χ1) is 19.2. The Kier molecular flexibility index (Phi) is 15.2. The van der Waals surface area contributed by atoms with Crippen LogP contribution in [0.2, 0.25) is 0 Å². The fraction of sp³-hybridized carbons (Fsp3) is 0.667. The Bertz CT molecular complexity index is 1010. The van der Waals surface area contributed by atoms with Crippen molar-refractivity contribution >= 4 is 24.2 Å². The van der Waals surface area contributed by atoms with Crippen molar-refractivity contribution in [1.82, 2.24) is 0 Å². The summed E-state index contributed by atoms with van der Waals surface area (Å²) in [6, 6.07) is 2.85. The summed E-state index contributed by atoms with van der Waals surface area (Å²) in [4.78, 5) is 49.1. The number of benzene rings is 1. The lowest BCUT2D eigenvalue weighted by atomic mass is 9.87. The molecule has 11 nitrogen and oxygen atoms in total. The molecule has 0 saturated heterocycles. The zero-order valence-electron chi connectivity index (χ0n) is 25.5. The standard InChI is InChI=1S/C30H47NO10/c1-9-10-11-12-26(32)37-19(6)15-23(27(31)28(33)34)22-13-14-24(40-29(35)38-20(7)17(2)3)25(16-22)41-30(36)39-21(8)18(4)5/h13-14,16-21,23,27H,9-12,15,31H2,1-8H3,(H,33,34)/t19?,20?,21?,23?,27-/m0/s1. The van der Waals surface area contributed by atoms with Crippen molar-refractivity contribution in [2.75, 3.05) is 0 Å². The van der Waals surface area contributed by atoms with Gasteiger partial charge in [0.1, 0.15) is 18.2 Å². The number of carbonyl (C=O) groups is 4. The number of aliphatic carboxylic acids is 1. The van der Waals surface area contributed by atoms with Crippen molar-refractivity contribution < 1.29 is 48.0 Å².